The van der Waals surface area contributed by atoms with Gasteiger partial charge in [-0.05, 0) is 24.3 Å². The molecule has 0 spiro atoms. The minimum absolute atomic E-state index is 0.0264. The topological polar surface area (TPSA) is 61.1 Å². The van der Waals surface area contributed by atoms with E-state index in [4.69, 9.17) is 22.0 Å². The lowest BCUT2D eigenvalue weighted by molar-refractivity contribution is -0.132. The molecule has 1 aromatic rings. The maximum atomic E-state index is 13.1. The molecule has 0 aromatic heterocycles. The summed E-state index contributed by atoms with van der Waals surface area (Å²) >= 11 is 5.60. The predicted octanol–water partition coefficient (Wildman–Crippen LogP) is 2.47. The normalized spacial score (nSPS) is 10.9. The molecule has 0 saturated carbocycles. The van der Waals surface area contributed by atoms with Crippen LogP contribution in [-0.4, -0.2) is 11.1 Å². The molecule has 0 aliphatic rings. The van der Waals surface area contributed by atoms with Crippen LogP contribution in [0.15, 0.2) is 23.8 Å². The maximum Gasteiger partial charge on any atom is 0.346 e. The van der Waals surface area contributed by atoms with E-state index in [-0.39, 0.29) is 10.6 Å². The molecule has 15 heavy (non-hydrogen) atoms. The van der Waals surface area contributed by atoms with E-state index >= 15 is 0 Å². The molecule has 0 bridgehead atoms. The predicted molar refractivity (Wildman–Crippen MR) is 52.6 cm³/mol. The van der Waals surface area contributed by atoms with E-state index in [1.807, 2.05) is 0 Å². The van der Waals surface area contributed by atoms with Crippen LogP contribution in [0.25, 0.3) is 6.08 Å². The van der Waals surface area contributed by atoms with E-state index in [9.17, 15) is 9.18 Å². The summed E-state index contributed by atoms with van der Waals surface area (Å²) in [5, 5.41) is 17.3. The molecule has 5 heteroatoms. The molecule has 1 aromatic carbocycles. The average Bonchev–Trinajstić information content (AvgIpc) is 2.18. The lowest BCUT2D eigenvalue weighted by Gasteiger charge is -1.97. The van der Waals surface area contributed by atoms with Crippen molar-refractivity contribution in [2.24, 2.45) is 0 Å². The van der Waals surface area contributed by atoms with E-state index in [2.05, 4.69) is 0 Å². The molecule has 0 amide bonds. The third-order valence-electron chi connectivity index (χ3n) is 1.61. The fourth-order valence-corrected chi connectivity index (χ4v) is 1.10. The van der Waals surface area contributed by atoms with Gasteiger partial charge in [-0.25, -0.2) is 9.18 Å². The molecular formula is C10H5ClFNO2. The summed E-state index contributed by atoms with van der Waals surface area (Å²) < 4.78 is 13.1. The summed E-state index contributed by atoms with van der Waals surface area (Å²) in [5.74, 6) is -2.04. The first-order valence-electron chi connectivity index (χ1n) is 3.84. The molecule has 0 radical (unpaired) electrons. The van der Waals surface area contributed by atoms with E-state index < -0.39 is 17.4 Å². The number of aliphatic carboxylic acids is 1. The standard InChI is InChI=1S/C10H5ClFNO2/c11-8-1-2-9(12)6(4-8)3-7(5-13)10(14)15/h1-4H,(H,14,15)/b7-3+. The molecule has 0 saturated heterocycles. The molecule has 0 aliphatic carbocycles. The molecule has 0 heterocycles. The Hall–Kier alpha value is -1.86. The number of benzene rings is 1. The van der Waals surface area contributed by atoms with Crippen molar-refractivity contribution in [2.75, 3.05) is 0 Å². The highest BCUT2D eigenvalue weighted by Crippen LogP contribution is 2.17. The second-order valence-electron chi connectivity index (χ2n) is 2.64. The molecular weight excluding hydrogens is 221 g/mol. The first-order valence-corrected chi connectivity index (χ1v) is 4.22. The molecule has 0 unspecified atom stereocenters. The van der Waals surface area contributed by atoms with Crippen LogP contribution in [0.4, 0.5) is 4.39 Å². The van der Waals surface area contributed by atoms with Gasteiger partial charge in [0.25, 0.3) is 0 Å². The van der Waals surface area contributed by atoms with E-state index in [0.29, 0.717) is 0 Å². The van der Waals surface area contributed by atoms with Gasteiger partial charge in [0.05, 0.1) is 0 Å². The second kappa shape index (κ2) is 4.58. The zero-order valence-electron chi connectivity index (χ0n) is 7.37. The van der Waals surface area contributed by atoms with Crippen LogP contribution in [0.1, 0.15) is 5.56 Å². The Bertz CT molecular complexity index is 477. The van der Waals surface area contributed by atoms with Crippen LogP contribution in [0, 0.1) is 17.1 Å². The van der Waals surface area contributed by atoms with Gasteiger partial charge in [-0.1, -0.05) is 11.6 Å². The Kier molecular flexibility index (Phi) is 3.42. The number of carboxylic acid groups (broad SMARTS) is 1. The van der Waals surface area contributed by atoms with Gasteiger partial charge in [0, 0.05) is 10.6 Å². The van der Waals surface area contributed by atoms with Crippen LogP contribution in [0.2, 0.25) is 5.02 Å². The lowest BCUT2D eigenvalue weighted by atomic mass is 10.1. The number of carboxylic acids is 1. The van der Waals surface area contributed by atoms with Gasteiger partial charge < -0.3 is 5.11 Å². The van der Waals surface area contributed by atoms with Crippen LogP contribution in [-0.2, 0) is 4.79 Å². The van der Waals surface area contributed by atoms with Crippen molar-refractivity contribution in [3.63, 3.8) is 0 Å². The molecule has 76 valence electrons. The smallest absolute Gasteiger partial charge is 0.346 e. The van der Waals surface area contributed by atoms with Crippen LogP contribution in [0.3, 0.4) is 0 Å². The van der Waals surface area contributed by atoms with E-state index in [1.54, 1.807) is 0 Å². The number of hydrogen-bond acceptors (Lipinski definition) is 2. The fraction of sp³-hybridized carbons (Fsp3) is 0. The van der Waals surface area contributed by atoms with Crippen molar-refractivity contribution in [3.05, 3.63) is 40.2 Å². The van der Waals surface area contributed by atoms with Gasteiger partial charge in [0.2, 0.25) is 0 Å². The number of halogens is 2. The third kappa shape index (κ3) is 2.79. The summed E-state index contributed by atoms with van der Waals surface area (Å²) in [6.45, 7) is 0. The first kappa shape index (κ1) is 11.2. The zero-order chi connectivity index (χ0) is 11.4. The first-order chi connectivity index (χ1) is 7.04. The van der Waals surface area contributed by atoms with Crippen molar-refractivity contribution in [2.45, 2.75) is 0 Å². The summed E-state index contributed by atoms with van der Waals surface area (Å²) in [4.78, 5) is 10.5. The summed E-state index contributed by atoms with van der Waals surface area (Å²) in [7, 11) is 0. The van der Waals surface area contributed by atoms with E-state index in [1.165, 1.54) is 18.2 Å². The number of rotatable bonds is 2. The SMILES string of the molecule is N#C/C(=C\c1cc(Cl)ccc1F)C(=O)O. The molecule has 0 atom stereocenters. The van der Waals surface area contributed by atoms with Crippen LogP contribution in [0.5, 0.6) is 0 Å². The molecule has 0 aliphatic heterocycles. The van der Waals surface area contributed by atoms with Gasteiger partial charge >= 0.3 is 5.97 Å². The summed E-state index contributed by atoms with van der Waals surface area (Å²) in [5.41, 5.74) is -0.572. The maximum absolute atomic E-state index is 13.1. The van der Waals surface area contributed by atoms with Gasteiger partial charge in [-0.3, -0.25) is 0 Å². The van der Waals surface area contributed by atoms with Gasteiger partial charge in [0.1, 0.15) is 17.5 Å². The number of carbonyl (C=O) groups is 1. The molecule has 3 nitrogen and oxygen atoms in total. The van der Waals surface area contributed by atoms with Gasteiger partial charge in [0.15, 0.2) is 0 Å². The Morgan fingerprint density at radius 1 is 1.60 bits per heavy atom. The third-order valence-corrected chi connectivity index (χ3v) is 1.84. The Labute approximate surface area is 90.0 Å². The largest absolute Gasteiger partial charge is 0.477 e. The van der Waals surface area contributed by atoms with Gasteiger partial charge in [-0.2, -0.15) is 5.26 Å². The van der Waals surface area contributed by atoms with Gasteiger partial charge in [-0.15, -0.1) is 0 Å². The minimum Gasteiger partial charge on any atom is -0.477 e. The monoisotopic (exact) mass is 225 g/mol. The Balaban J connectivity index is 3.23. The quantitative estimate of drug-likeness (QED) is 0.621. The van der Waals surface area contributed by atoms with Crippen LogP contribution < -0.4 is 0 Å². The number of hydrogen-bond donors (Lipinski definition) is 1. The zero-order valence-corrected chi connectivity index (χ0v) is 8.12. The van der Waals surface area contributed by atoms with Crippen molar-refractivity contribution >= 4 is 23.6 Å². The Morgan fingerprint density at radius 3 is 2.80 bits per heavy atom. The summed E-state index contributed by atoms with van der Waals surface area (Å²) in [6, 6.07) is 5.13. The van der Waals surface area contributed by atoms with E-state index in [0.717, 1.165) is 12.1 Å². The van der Waals surface area contributed by atoms with Crippen LogP contribution >= 0.6 is 11.6 Å². The average molecular weight is 226 g/mol. The van der Waals surface area contributed by atoms with Crippen molar-refractivity contribution < 1.29 is 14.3 Å². The van der Waals surface area contributed by atoms with Crippen molar-refractivity contribution in [3.8, 4) is 6.07 Å². The number of nitrogens with zero attached hydrogens (tertiary/aromatic N) is 1. The second-order valence-corrected chi connectivity index (χ2v) is 3.08. The highest BCUT2D eigenvalue weighted by molar-refractivity contribution is 6.30. The fourth-order valence-electron chi connectivity index (χ4n) is 0.923. The molecule has 0 fully saturated rings. The highest BCUT2D eigenvalue weighted by Gasteiger charge is 2.08. The summed E-state index contributed by atoms with van der Waals surface area (Å²) in [6.07, 6.45) is 0.934. The Morgan fingerprint density at radius 2 is 2.27 bits per heavy atom. The van der Waals surface area contributed by atoms with Crippen molar-refractivity contribution in [1.82, 2.24) is 0 Å². The molecule has 1 N–H and O–H groups in total. The van der Waals surface area contributed by atoms with Crippen molar-refractivity contribution in [1.29, 1.82) is 5.26 Å². The highest BCUT2D eigenvalue weighted by atomic mass is 35.5. The number of nitriles is 1. The lowest BCUT2D eigenvalue weighted by Crippen LogP contribution is -1.98. The minimum atomic E-state index is -1.41. The molecule has 1 rings (SSSR count).